The largest absolute Gasteiger partial charge is 0.355 e. The van der Waals surface area contributed by atoms with Crippen LogP contribution in [0.25, 0.3) is 21.8 Å². The van der Waals surface area contributed by atoms with Crippen molar-refractivity contribution in [2.75, 3.05) is 0 Å². The minimum Gasteiger partial charge on any atom is -0.355 e. The summed E-state index contributed by atoms with van der Waals surface area (Å²) in [6.45, 7) is 0. The Hall–Kier alpha value is -2.26. The zero-order valence-electron chi connectivity index (χ0n) is 11.1. The Labute approximate surface area is 125 Å². The molecule has 3 heteroatoms. The Morgan fingerprint density at radius 2 is 1.43 bits per heavy atom. The van der Waals surface area contributed by atoms with Gasteiger partial charge in [-0.25, -0.2) is 4.39 Å². The molecule has 0 aliphatic rings. The van der Waals surface area contributed by atoms with Gasteiger partial charge in [-0.3, -0.25) is 0 Å². The second-order valence-electron chi connectivity index (χ2n) is 4.93. The van der Waals surface area contributed by atoms with Crippen molar-refractivity contribution in [2.24, 2.45) is 0 Å². The Morgan fingerprint density at radius 3 is 2.29 bits per heavy atom. The van der Waals surface area contributed by atoms with Crippen LogP contribution >= 0.6 is 11.8 Å². The van der Waals surface area contributed by atoms with Gasteiger partial charge in [0.05, 0.1) is 0 Å². The second-order valence-corrected chi connectivity index (χ2v) is 6.08. The summed E-state index contributed by atoms with van der Waals surface area (Å²) in [7, 11) is 0. The van der Waals surface area contributed by atoms with Gasteiger partial charge in [-0.05, 0) is 48.5 Å². The molecule has 0 saturated carbocycles. The smallest absolute Gasteiger partial charge is 0.123 e. The van der Waals surface area contributed by atoms with Gasteiger partial charge in [-0.2, -0.15) is 0 Å². The van der Waals surface area contributed by atoms with E-state index in [0.29, 0.717) is 0 Å². The number of aromatic nitrogens is 1. The molecular formula is C18H12FNS. The first-order chi connectivity index (χ1) is 10.3. The third-order valence-electron chi connectivity index (χ3n) is 3.53. The SMILES string of the molecule is Fc1ccc(Sc2ccc3[nH]c4ccccc4c3c2)cc1. The van der Waals surface area contributed by atoms with Crippen LogP contribution in [-0.4, -0.2) is 4.98 Å². The first-order valence-electron chi connectivity index (χ1n) is 6.73. The van der Waals surface area contributed by atoms with Crippen LogP contribution in [0, 0.1) is 5.82 Å². The Balaban J connectivity index is 1.79. The molecule has 1 aromatic heterocycles. The summed E-state index contributed by atoms with van der Waals surface area (Å²) >= 11 is 1.64. The predicted molar refractivity (Wildman–Crippen MR) is 86.3 cm³/mol. The molecule has 102 valence electrons. The van der Waals surface area contributed by atoms with Crippen LogP contribution in [0.15, 0.2) is 76.5 Å². The number of hydrogen-bond donors (Lipinski definition) is 1. The lowest BCUT2D eigenvalue weighted by molar-refractivity contribution is 0.626. The Bertz CT molecular complexity index is 925. The van der Waals surface area contributed by atoms with E-state index in [-0.39, 0.29) is 5.82 Å². The molecule has 3 aromatic carbocycles. The minimum atomic E-state index is -0.202. The van der Waals surface area contributed by atoms with Crippen LogP contribution in [0.5, 0.6) is 0 Å². The number of fused-ring (bicyclic) bond motifs is 3. The van der Waals surface area contributed by atoms with E-state index in [2.05, 4.69) is 41.4 Å². The van der Waals surface area contributed by atoms with E-state index < -0.39 is 0 Å². The fourth-order valence-electron chi connectivity index (χ4n) is 2.53. The quantitative estimate of drug-likeness (QED) is 0.508. The maximum atomic E-state index is 13.0. The molecule has 4 aromatic rings. The molecule has 0 unspecified atom stereocenters. The van der Waals surface area contributed by atoms with E-state index in [1.54, 1.807) is 23.9 Å². The number of rotatable bonds is 2. The highest BCUT2D eigenvalue weighted by atomic mass is 32.2. The van der Waals surface area contributed by atoms with Gasteiger partial charge in [0.15, 0.2) is 0 Å². The van der Waals surface area contributed by atoms with Gasteiger partial charge in [0.2, 0.25) is 0 Å². The van der Waals surface area contributed by atoms with Crippen molar-refractivity contribution in [3.63, 3.8) is 0 Å². The fourth-order valence-corrected chi connectivity index (χ4v) is 3.39. The number of benzene rings is 3. The lowest BCUT2D eigenvalue weighted by Gasteiger charge is -2.02. The van der Waals surface area contributed by atoms with Gasteiger partial charge < -0.3 is 4.98 Å². The molecule has 0 aliphatic carbocycles. The Morgan fingerprint density at radius 1 is 0.714 bits per heavy atom. The second kappa shape index (κ2) is 4.93. The van der Waals surface area contributed by atoms with Gasteiger partial charge >= 0.3 is 0 Å². The summed E-state index contributed by atoms with van der Waals surface area (Å²) in [5, 5.41) is 2.45. The highest BCUT2D eigenvalue weighted by Crippen LogP contribution is 2.33. The monoisotopic (exact) mass is 293 g/mol. The normalized spacial score (nSPS) is 11.3. The zero-order valence-corrected chi connectivity index (χ0v) is 12.0. The van der Waals surface area contributed by atoms with Crippen LogP contribution < -0.4 is 0 Å². The summed E-state index contributed by atoms with van der Waals surface area (Å²) in [6, 6.07) is 21.3. The van der Waals surface area contributed by atoms with Gasteiger partial charge in [0.1, 0.15) is 5.82 Å². The molecule has 21 heavy (non-hydrogen) atoms. The van der Waals surface area contributed by atoms with E-state index >= 15 is 0 Å². The molecule has 1 N–H and O–H groups in total. The molecule has 0 radical (unpaired) electrons. The van der Waals surface area contributed by atoms with Gasteiger partial charge in [-0.15, -0.1) is 0 Å². The van der Waals surface area contributed by atoms with Crippen molar-refractivity contribution in [2.45, 2.75) is 9.79 Å². The maximum Gasteiger partial charge on any atom is 0.123 e. The first kappa shape index (κ1) is 12.5. The minimum absolute atomic E-state index is 0.202. The predicted octanol–water partition coefficient (Wildman–Crippen LogP) is 5.61. The van der Waals surface area contributed by atoms with Crippen LogP contribution in [-0.2, 0) is 0 Å². The topological polar surface area (TPSA) is 15.8 Å². The molecule has 1 heterocycles. The molecule has 0 spiro atoms. The highest BCUT2D eigenvalue weighted by molar-refractivity contribution is 7.99. The van der Waals surface area contributed by atoms with Crippen molar-refractivity contribution in [3.05, 3.63) is 72.5 Å². The molecular weight excluding hydrogens is 281 g/mol. The number of H-pyrrole nitrogens is 1. The number of halogens is 1. The van der Waals surface area contributed by atoms with Crippen molar-refractivity contribution >= 4 is 33.6 Å². The van der Waals surface area contributed by atoms with E-state index in [4.69, 9.17) is 0 Å². The molecule has 0 aliphatic heterocycles. The van der Waals surface area contributed by atoms with E-state index in [9.17, 15) is 4.39 Å². The number of para-hydroxylation sites is 1. The summed E-state index contributed by atoms with van der Waals surface area (Å²) in [5.41, 5.74) is 2.29. The molecule has 0 saturated heterocycles. The first-order valence-corrected chi connectivity index (χ1v) is 7.55. The Kier molecular flexibility index (Phi) is 2.93. The fraction of sp³-hybridized carbons (Fsp3) is 0. The number of aromatic amines is 1. The highest BCUT2D eigenvalue weighted by Gasteiger charge is 2.05. The van der Waals surface area contributed by atoms with Gasteiger partial charge in [0, 0.05) is 31.6 Å². The van der Waals surface area contributed by atoms with Gasteiger partial charge in [0.25, 0.3) is 0 Å². The van der Waals surface area contributed by atoms with Crippen molar-refractivity contribution in [1.82, 2.24) is 4.98 Å². The van der Waals surface area contributed by atoms with Crippen molar-refractivity contribution in [3.8, 4) is 0 Å². The lowest BCUT2D eigenvalue weighted by atomic mass is 10.1. The van der Waals surface area contributed by atoms with E-state index in [1.165, 1.54) is 22.9 Å². The molecule has 0 amide bonds. The summed E-state index contributed by atoms with van der Waals surface area (Å²) in [5.74, 6) is -0.202. The van der Waals surface area contributed by atoms with Gasteiger partial charge in [-0.1, -0.05) is 30.0 Å². The van der Waals surface area contributed by atoms with Crippen molar-refractivity contribution < 1.29 is 4.39 Å². The molecule has 0 fully saturated rings. The third-order valence-corrected chi connectivity index (χ3v) is 4.52. The van der Waals surface area contributed by atoms with Crippen LogP contribution in [0.2, 0.25) is 0 Å². The molecule has 4 rings (SSSR count). The van der Waals surface area contributed by atoms with Crippen molar-refractivity contribution in [1.29, 1.82) is 0 Å². The summed E-state index contributed by atoms with van der Waals surface area (Å²) < 4.78 is 13.0. The maximum absolute atomic E-state index is 13.0. The molecule has 0 bridgehead atoms. The zero-order chi connectivity index (χ0) is 14.2. The van der Waals surface area contributed by atoms with Crippen LogP contribution in [0.4, 0.5) is 4.39 Å². The summed E-state index contributed by atoms with van der Waals surface area (Å²) in [6.07, 6.45) is 0. The third kappa shape index (κ3) is 2.30. The average molecular weight is 293 g/mol. The lowest BCUT2D eigenvalue weighted by Crippen LogP contribution is -1.76. The average Bonchev–Trinajstić information content (AvgIpc) is 2.88. The number of hydrogen-bond acceptors (Lipinski definition) is 1. The van der Waals surface area contributed by atoms with Crippen LogP contribution in [0.3, 0.4) is 0 Å². The molecule has 1 nitrogen and oxygen atoms in total. The standard InChI is InChI=1S/C18H12FNS/c19-12-5-7-13(8-6-12)21-14-9-10-18-16(11-14)15-3-1-2-4-17(15)20-18/h1-11,20H. The number of nitrogens with one attached hydrogen (secondary N) is 1. The summed E-state index contributed by atoms with van der Waals surface area (Å²) in [4.78, 5) is 5.61. The van der Waals surface area contributed by atoms with Crippen LogP contribution in [0.1, 0.15) is 0 Å². The molecule has 0 atom stereocenters. The van der Waals surface area contributed by atoms with E-state index in [1.807, 2.05) is 6.07 Å². The van der Waals surface area contributed by atoms with E-state index in [0.717, 1.165) is 20.8 Å².